The SMILES string of the molecule is FC(F)(F)c1nnc(-c2cnc(CC3(c4ccc(Cl)cc4)CCC3)nc2)o1. The Kier molecular flexibility index (Phi) is 4.38. The van der Waals surface area contributed by atoms with Crippen molar-refractivity contribution in [3.63, 3.8) is 0 Å². The lowest BCUT2D eigenvalue weighted by Crippen LogP contribution is -2.37. The number of hydrogen-bond donors (Lipinski definition) is 0. The van der Waals surface area contributed by atoms with Gasteiger partial charge >= 0.3 is 12.1 Å². The van der Waals surface area contributed by atoms with E-state index in [9.17, 15) is 13.2 Å². The first-order chi connectivity index (χ1) is 12.9. The summed E-state index contributed by atoms with van der Waals surface area (Å²) in [4.78, 5) is 8.58. The van der Waals surface area contributed by atoms with Crippen molar-refractivity contribution in [2.45, 2.75) is 37.3 Å². The Bertz CT molecular complexity index is 934. The van der Waals surface area contributed by atoms with E-state index in [4.69, 9.17) is 11.6 Å². The number of hydrogen-bond acceptors (Lipinski definition) is 5. The minimum Gasteiger partial charge on any atom is -0.413 e. The van der Waals surface area contributed by atoms with E-state index >= 15 is 0 Å². The predicted molar refractivity (Wildman–Crippen MR) is 91.0 cm³/mol. The van der Waals surface area contributed by atoms with Crippen LogP contribution in [0.4, 0.5) is 13.2 Å². The molecule has 0 radical (unpaired) electrons. The number of benzene rings is 1. The highest BCUT2D eigenvalue weighted by Crippen LogP contribution is 2.46. The van der Waals surface area contributed by atoms with E-state index in [1.54, 1.807) is 0 Å². The molecule has 0 bridgehead atoms. The minimum absolute atomic E-state index is 0.0277. The van der Waals surface area contributed by atoms with Gasteiger partial charge in [0.2, 0.25) is 0 Å². The van der Waals surface area contributed by atoms with Crippen LogP contribution in [0.5, 0.6) is 0 Å². The Morgan fingerprint density at radius 1 is 1.04 bits per heavy atom. The maximum absolute atomic E-state index is 12.6. The fourth-order valence-corrected chi connectivity index (χ4v) is 3.41. The van der Waals surface area contributed by atoms with Crippen LogP contribution >= 0.6 is 11.6 Å². The minimum atomic E-state index is -4.68. The third-order valence-electron chi connectivity index (χ3n) is 4.88. The van der Waals surface area contributed by atoms with Crippen molar-refractivity contribution < 1.29 is 17.6 Å². The van der Waals surface area contributed by atoms with E-state index in [1.165, 1.54) is 18.0 Å². The molecule has 0 amide bonds. The Labute approximate surface area is 157 Å². The van der Waals surface area contributed by atoms with Crippen molar-refractivity contribution in [3.8, 4) is 11.5 Å². The Balaban J connectivity index is 1.54. The Morgan fingerprint density at radius 3 is 2.22 bits per heavy atom. The van der Waals surface area contributed by atoms with Gasteiger partial charge in [-0.25, -0.2) is 9.97 Å². The van der Waals surface area contributed by atoms with Gasteiger partial charge in [-0.1, -0.05) is 30.2 Å². The zero-order chi connectivity index (χ0) is 19.1. The van der Waals surface area contributed by atoms with Gasteiger partial charge in [-0.15, -0.1) is 10.2 Å². The highest BCUT2D eigenvalue weighted by atomic mass is 35.5. The maximum atomic E-state index is 12.6. The Morgan fingerprint density at radius 2 is 1.70 bits per heavy atom. The van der Waals surface area contributed by atoms with E-state index in [0.717, 1.165) is 19.3 Å². The van der Waals surface area contributed by atoms with Gasteiger partial charge < -0.3 is 4.42 Å². The normalized spacial score (nSPS) is 16.1. The summed E-state index contributed by atoms with van der Waals surface area (Å²) in [7, 11) is 0. The topological polar surface area (TPSA) is 64.7 Å². The van der Waals surface area contributed by atoms with E-state index in [-0.39, 0.29) is 16.9 Å². The largest absolute Gasteiger partial charge is 0.470 e. The molecule has 2 aromatic heterocycles. The monoisotopic (exact) mass is 394 g/mol. The molecule has 1 aromatic carbocycles. The van der Waals surface area contributed by atoms with Crippen LogP contribution in [0, 0.1) is 0 Å². The molecule has 1 fully saturated rings. The van der Waals surface area contributed by atoms with Crippen LogP contribution in [0.2, 0.25) is 5.02 Å². The lowest BCUT2D eigenvalue weighted by Gasteiger charge is -2.42. The van der Waals surface area contributed by atoms with Gasteiger partial charge in [0.1, 0.15) is 5.82 Å². The van der Waals surface area contributed by atoms with Crippen molar-refractivity contribution in [2.75, 3.05) is 0 Å². The highest BCUT2D eigenvalue weighted by Gasteiger charge is 2.40. The summed E-state index contributed by atoms with van der Waals surface area (Å²) in [5, 5.41) is 7.10. The number of alkyl halides is 3. The number of rotatable bonds is 4. The van der Waals surface area contributed by atoms with Gasteiger partial charge in [0.15, 0.2) is 0 Å². The fourth-order valence-electron chi connectivity index (χ4n) is 3.29. The molecule has 0 aliphatic heterocycles. The quantitative estimate of drug-likeness (QED) is 0.632. The summed E-state index contributed by atoms with van der Waals surface area (Å²) >= 11 is 5.97. The second kappa shape index (κ2) is 6.60. The summed E-state index contributed by atoms with van der Waals surface area (Å²) in [5.41, 5.74) is 1.41. The van der Waals surface area contributed by atoms with Gasteiger partial charge in [-0.2, -0.15) is 13.2 Å². The van der Waals surface area contributed by atoms with Crippen LogP contribution < -0.4 is 0 Å². The molecule has 0 saturated heterocycles. The van der Waals surface area contributed by atoms with Gasteiger partial charge in [0.05, 0.1) is 5.56 Å². The zero-order valence-electron chi connectivity index (χ0n) is 14.0. The maximum Gasteiger partial charge on any atom is 0.470 e. The molecule has 0 unspecified atom stereocenters. The second-order valence-electron chi connectivity index (χ2n) is 6.62. The van der Waals surface area contributed by atoms with Crippen LogP contribution in [0.3, 0.4) is 0 Å². The third kappa shape index (κ3) is 3.53. The van der Waals surface area contributed by atoms with Gasteiger partial charge in [-0.05, 0) is 30.5 Å². The first kappa shape index (κ1) is 17.9. The summed E-state index contributed by atoms with van der Waals surface area (Å²) in [6.07, 6.45) is 1.96. The average molecular weight is 395 g/mol. The molecule has 27 heavy (non-hydrogen) atoms. The van der Waals surface area contributed by atoms with E-state index in [1.807, 2.05) is 24.3 Å². The van der Waals surface area contributed by atoms with Gasteiger partial charge in [-0.3, -0.25) is 0 Å². The van der Waals surface area contributed by atoms with Crippen molar-refractivity contribution in [1.82, 2.24) is 20.2 Å². The van der Waals surface area contributed by atoms with Crippen molar-refractivity contribution >= 4 is 11.6 Å². The lowest BCUT2D eigenvalue weighted by atomic mass is 9.62. The molecule has 140 valence electrons. The number of halogens is 4. The van der Waals surface area contributed by atoms with E-state index in [0.29, 0.717) is 17.3 Å². The summed E-state index contributed by atoms with van der Waals surface area (Å²) in [6.45, 7) is 0. The number of aromatic nitrogens is 4. The summed E-state index contributed by atoms with van der Waals surface area (Å²) < 4.78 is 42.3. The molecule has 3 aromatic rings. The van der Waals surface area contributed by atoms with Crippen LogP contribution in [0.15, 0.2) is 41.1 Å². The van der Waals surface area contributed by atoms with E-state index < -0.39 is 12.1 Å². The number of nitrogens with zero attached hydrogens (tertiary/aromatic N) is 4. The van der Waals surface area contributed by atoms with E-state index in [2.05, 4.69) is 24.6 Å². The molecule has 2 heterocycles. The van der Waals surface area contributed by atoms with Crippen LogP contribution in [-0.4, -0.2) is 20.2 Å². The summed E-state index contributed by atoms with van der Waals surface area (Å²) in [6, 6.07) is 7.78. The van der Waals surface area contributed by atoms with Gasteiger partial charge in [0, 0.05) is 29.3 Å². The first-order valence-corrected chi connectivity index (χ1v) is 8.72. The highest BCUT2D eigenvalue weighted by molar-refractivity contribution is 6.30. The zero-order valence-corrected chi connectivity index (χ0v) is 14.8. The second-order valence-corrected chi connectivity index (χ2v) is 7.05. The molecule has 1 aliphatic carbocycles. The average Bonchev–Trinajstić information content (AvgIpc) is 3.10. The fraction of sp³-hybridized carbons (Fsp3) is 0.333. The molecule has 1 aliphatic rings. The smallest absolute Gasteiger partial charge is 0.413 e. The van der Waals surface area contributed by atoms with Crippen LogP contribution in [0.1, 0.15) is 36.5 Å². The van der Waals surface area contributed by atoms with Crippen LogP contribution in [-0.2, 0) is 18.0 Å². The standard InChI is InChI=1S/C18H14ClF3N4O/c19-13-4-2-12(3-5-13)17(6-1-7-17)8-14-23-9-11(10-24-14)15-25-26-16(27-15)18(20,21)22/h2-5,9-10H,1,6-8H2. The van der Waals surface area contributed by atoms with Crippen molar-refractivity contribution in [3.05, 3.63) is 59.0 Å². The third-order valence-corrected chi connectivity index (χ3v) is 5.14. The summed E-state index contributed by atoms with van der Waals surface area (Å²) in [5.74, 6) is -1.04. The molecule has 4 rings (SSSR count). The molecule has 9 heteroatoms. The lowest BCUT2D eigenvalue weighted by molar-refractivity contribution is -0.156. The van der Waals surface area contributed by atoms with Crippen molar-refractivity contribution in [1.29, 1.82) is 0 Å². The molecule has 1 saturated carbocycles. The molecule has 0 spiro atoms. The molecular formula is C18H14ClF3N4O. The molecule has 5 nitrogen and oxygen atoms in total. The first-order valence-electron chi connectivity index (χ1n) is 8.34. The van der Waals surface area contributed by atoms with Crippen LogP contribution in [0.25, 0.3) is 11.5 Å². The van der Waals surface area contributed by atoms with Gasteiger partial charge in [0.25, 0.3) is 5.89 Å². The van der Waals surface area contributed by atoms with Crippen molar-refractivity contribution in [2.24, 2.45) is 0 Å². The Hall–Kier alpha value is -2.48. The molecular weight excluding hydrogens is 381 g/mol. The molecule has 0 N–H and O–H groups in total. The molecule has 0 atom stereocenters. The predicted octanol–water partition coefficient (Wildman–Crippen LogP) is 4.86.